The molecule has 10 heteroatoms. The van der Waals surface area contributed by atoms with Crippen LogP contribution in [0.5, 0.6) is 5.75 Å². The molecule has 104 valence electrons. The molecule has 0 spiro atoms. The van der Waals surface area contributed by atoms with Crippen LogP contribution in [0.2, 0.25) is 0 Å². The minimum Gasteiger partial charge on any atom is -0.506 e. The van der Waals surface area contributed by atoms with Crippen LogP contribution in [0.15, 0.2) is 12.3 Å². The monoisotopic (exact) mass is 282 g/mol. The topological polar surface area (TPSA) is 81.9 Å². The predicted molar refractivity (Wildman–Crippen MR) is 54.6 cm³/mol. The van der Waals surface area contributed by atoms with Crippen molar-refractivity contribution in [1.82, 2.24) is 15.5 Å². The molecule has 19 heavy (non-hydrogen) atoms. The number of nitrogens with zero attached hydrogens (tertiary/aromatic N) is 2. The van der Waals surface area contributed by atoms with Crippen LogP contribution < -0.4 is 5.32 Å². The van der Waals surface area contributed by atoms with Gasteiger partial charge in [0.1, 0.15) is 11.4 Å². The lowest BCUT2D eigenvalue weighted by Gasteiger charge is -2.08. The van der Waals surface area contributed by atoms with Gasteiger partial charge in [0.25, 0.3) is 0 Å². The van der Waals surface area contributed by atoms with Crippen molar-refractivity contribution >= 4 is 11.8 Å². The minimum atomic E-state index is -4.79. The molecule has 0 aliphatic heterocycles. The fourth-order valence-electron chi connectivity index (χ4n) is 1.06. The van der Waals surface area contributed by atoms with Gasteiger partial charge in [0, 0.05) is 24.1 Å². The fourth-order valence-corrected chi connectivity index (χ4v) is 1.06. The number of rotatable bonds is 4. The average Bonchev–Trinajstić information content (AvgIpc) is 2.29. The highest BCUT2D eigenvalue weighted by molar-refractivity contribution is 6.08. The van der Waals surface area contributed by atoms with E-state index >= 15 is 0 Å². The summed E-state index contributed by atoms with van der Waals surface area (Å²) >= 11 is 0. The molecule has 0 saturated heterocycles. The molecule has 0 amide bonds. The van der Waals surface area contributed by atoms with E-state index < -0.39 is 29.9 Å². The van der Waals surface area contributed by atoms with Gasteiger partial charge in [-0.15, -0.1) is 10.2 Å². The first-order valence-electron chi connectivity index (χ1n) is 4.64. The SMILES string of the molecule is N=C/C(=C\NC(F)F)c1nnc(C(F)(F)F)cc1O. The van der Waals surface area contributed by atoms with Gasteiger partial charge in [-0.1, -0.05) is 0 Å². The maximum Gasteiger partial charge on any atom is 0.435 e. The van der Waals surface area contributed by atoms with Crippen LogP contribution in [-0.2, 0) is 6.18 Å². The van der Waals surface area contributed by atoms with Crippen molar-refractivity contribution in [3.63, 3.8) is 0 Å². The van der Waals surface area contributed by atoms with Crippen molar-refractivity contribution < 1.29 is 27.1 Å². The summed E-state index contributed by atoms with van der Waals surface area (Å²) in [6.07, 6.45) is -3.63. The second-order valence-corrected chi connectivity index (χ2v) is 3.17. The third kappa shape index (κ3) is 3.86. The summed E-state index contributed by atoms with van der Waals surface area (Å²) in [6, 6.07) is 0.294. The molecular weight excluding hydrogens is 275 g/mol. The molecule has 5 nitrogen and oxygen atoms in total. The number of halogens is 5. The molecule has 1 aromatic heterocycles. The van der Waals surface area contributed by atoms with Crippen molar-refractivity contribution in [2.24, 2.45) is 0 Å². The molecule has 0 bridgehead atoms. The predicted octanol–water partition coefficient (Wildman–Crippen LogP) is 2.00. The summed E-state index contributed by atoms with van der Waals surface area (Å²) in [4.78, 5) is 0. The molecular formula is C9H7F5N4O. The molecule has 0 fully saturated rings. The quantitative estimate of drug-likeness (QED) is 0.448. The Hall–Kier alpha value is -2.26. The maximum atomic E-state index is 12.3. The number of aromatic hydroxyl groups is 1. The van der Waals surface area contributed by atoms with Gasteiger partial charge in [-0.05, 0) is 0 Å². The summed E-state index contributed by atoms with van der Waals surface area (Å²) in [5.41, 5.74) is -2.30. The molecule has 1 aromatic rings. The van der Waals surface area contributed by atoms with E-state index in [-0.39, 0.29) is 5.57 Å². The van der Waals surface area contributed by atoms with E-state index in [1.54, 1.807) is 0 Å². The van der Waals surface area contributed by atoms with E-state index in [1.807, 2.05) is 0 Å². The largest absolute Gasteiger partial charge is 0.506 e. The summed E-state index contributed by atoms with van der Waals surface area (Å²) in [7, 11) is 0. The Kier molecular flexibility index (Phi) is 4.35. The smallest absolute Gasteiger partial charge is 0.435 e. The molecule has 0 aliphatic rings. The van der Waals surface area contributed by atoms with E-state index in [2.05, 4.69) is 10.2 Å². The average molecular weight is 282 g/mol. The van der Waals surface area contributed by atoms with E-state index in [0.29, 0.717) is 18.5 Å². The first-order chi connectivity index (χ1) is 8.75. The fraction of sp³-hybridized carbons (Fsp3) is 0.222. The van der Waals surface area contributed by atoms with Crippen LogP contribution in [0.4, 0.5) is 22.0 Å². The number of allylic oxidation sites excluding steroid dienone is 1. The number of hydrogen-bond donors (Lipinski definition) is 3. The van der Waals surface area contributed by atoms with Crippen LogP contribution in [0, 0.1) is 5.41 Å². The van der Waals surface area contributed by atoms with E-state index in [9.17, 15) is 27.1 Å². The van der Waals surface area contributed by atoms with Gasteiger partial charge in [-0.3, -0.25) is 0 Å². The molecule has 0 saturated carbocycles. The van der Waals surface area contributed by atoms with E-state index in [1.165, 1.54) is 5.32 Å². The zero-order valence-corrected chi connectivity index (χ0v) is 9.04. The summed E-state index contributed by atoms with van der Waals surface area (Å²) in [5.74, 6) is -0.923. The van der Waals surface area contributed by atoms with Crippen molar-refractivity contribution in [2.75, 3.05) is 0 Å². The molecule has 1 rings (SSSR count). The van der Waals surface area contributed by atoms with Gasteiger partial charge in [-0.2, -0.15) is 22.0 Å². The highest BCUT2D eigenvalue weighted by atomic mass is 19.4. The van der Waals surface area contributed by atoms with Gasteiger partial charge in [0.15, 0.2) is 5.69 Å². The van der Waals surface area contributed by atoms with Gasteiger partial charge >= 0.3 is 12.7 Å². The zero-order valence-electron chi connectivity index (χ0n) is 9.04. The summed E-state index contributed by atoms with van der Waals surface area (Å²) in [6.45, 7) is -2.93. The highest BCUT2D eigenvalue weighted by Gasteiger charge is 2.34. The van der Waals surface area contributed by atoms with Crippen molar-refractivity contribution in [3.05, 3.63) is 23.7 Å². The van der Waals surface area contributed by atoms with Crippen molar-refractivity contribution in [3.8, 4) is 5.75 Å². The molecule has 0 unspecified atom stereocenters. The minimum absolute atomic E-state index is 0.294. The van der Waals surface area contributed by atoms with Gasteiger partial charge in [-0.25, -0.2) is 0 Å². The van der Waals surface area contributed by atoms with Gasteiger partial charge < -0.3 is 15.8 Å². The Bertz CT molecular complexity index is 500. The molecule has 0 aromatic carbocycles. The maximum absolute atomic E-state index is 12.3. The van der Waals surface area contributed by atoms with Crippen LogP contribution in [0.1, 0.15) is 11.4 Å². The molecule has 1 heterocycles. The van der Waals surface area contributed by atoms with E-state index in [4.69, 9.17) is 5.41 Å². The third-order valence-corrected chi connectivity index (χ3v) is 1.86. The highest BCUT2D eigenvalue weighted by Crippen LogP contribution is 2.31. The van der Waals surface area contributed by atoms with E-state index in [0.717, 1.165) is 0 Å². The van der Waals surface area contributed by atoms with Crippen LogP contribution in [0.3, 0.4) is 0 Å². The number of alkyl halides is 5. The van der Waals surface area contributed by atoms with Gasteiger partial charge in [0.05, 0.1) is 0 Å². The van der Waals surface area contributed by atoms with Crippen LogP contribution >= 0.6 is 0 Å². The Labute approximate surface area is 103 Å². The lowest BCUT2D eigenvalue weighted by Crippen LogP contribution is -2.14. The first-order valence-corrected chi connectivity index (χ1v) is 4.64. The standard InChI is InChI=1S/C9H7F5N4O/c10-8(11)16-3-4(2-15)7-5(19)1-6(17-18-7)9(12,13)14/h1-3,8,15-16H,(H,17,19)/b4-3+,15-2?. The normalized spacial score (nSPS) is 12.6. The Morgan fingerprint density at radius 1 is 1.37 bits per heavy atom. The summed E-state index contributed by atoms with van der Waals surface area (Å²) < 4.78 is 60.5. The second kappa shape index (κ2) is 5.59. The second-order valence-electron chi connectivity index (χ2n) is 3.17. The molecule has 3 N–H and O–H groups in total. The number of nitrogens with one attached hydrogen (secondary N) is 2. The first kappa shape index (κ1) is 14.8. The Balaban J connectivity index is 3.14. The molecule has 0 aliphatic carbocycles. The van der Waals surface area contributed by atoms with Gasteiger partial charge in [0.2, 0.25) is 0 Å². The lowest BCUT2D eigenvalue weighted by molar-refractivity contribution is -0.141. The lowest BCUT2D eigenvalue weighted by atomic mass is 10.2. The Morgan fingerprint density at radius 2 is 2.00 bits per heavy atom. The van der Waals surface area contributed by atoms with Crippen molar-refractivity contribution in [1.29, 1.82) is 5.41 Å². The number of hydrogen-bond acceptors (Lipinski definition) is 5. The number of aromatic nitrogens is 2. The zero-order chi connectivity index (χ0) is 14.6. The molecule has 0 atom stereocenters. The molecule has 0 radical (unpaired) electrons. The van der Waals surface area contributed by atoms with Crippen molar-refractivity contribution in [2.45, 2.75) is 12.7 Å². The third-order valence-electron chi connectivity index (χ3n) is 1.86. The van der Waals surface area contributed by atoms with Crippen LogP contribution in [-0.4, -0.2) is 28.1 Å². The Morgan fingerprint density at radius 3 is 2.42 bits per heavy atom. The summed E-state index contributed by atoms with van der Waals surface area (Å²) in [5, 5.41) is 23.7. The van der Waals surface area contributed by atoms with Crippen LogP contribution in [0.25, 0.3) is 5.57 Å².